The van der Waals surface area contributed by atoms with Crippen LogP contribution in [0.2, 0.25) is 5.02 Å². The van der Waals surface area contributed by atoms with Crippen molar-refractivity contribution in [3.05, 3.63) is 89.4 Å². The molecule has 0 saturated heterocycles. The number of para-hydroxylation sites is 2. The minimum Gasteiger partial charge on any atom is -0.492 e. The molecule has 3 aromatic rings. The van der Waals surface area contributed by atoms with Crippen molar-refractivity contribution in [2.24, 2.45) is 0 Å². The second-order valence-electron chi connectivity index (χ2n) is 7.61. The maximum absolute atomic E-state index is 13.5. The van der Waals surface area contributed by atoms with Crippen LogP contribution in [0.1, 0.15) is 18.9 Å². The summed E-state index contributed by atoms with van der Waals surface area (Å²) in [7, 11) is -3.99. The molecule has 3 aromatic carbocycles. The highest BCUT2D eigenvalue weighted by Crippen LogP contribution is 2.32. The Morgan fingerprint density at radius 3 is 2.51 bits per heavy atom. The number of nitrogens with zero attached hydrogens (tertiary/aromatic N) is 1. The zero-order valence-electron chi connectivity index (χ0n) is 19.5. The lowest BCUT2D eigenvalue weighted by molar-refractivity contribution is -0.119. The Labute approximate surface area is 216 Å². The molecule has 0 aliphatic rings. The number of carbonyl (C=O) groups is 1. The van der Waals surface area contributed by atoms with Crippen LogP contribution in [0, 0.1) is 0 Å². The Kier molecular flexibility index (Phi) is 10.3. The minimum absolute atomic E-state index is 0.108. The van der Waals surface area contributed by atoms with E-state index in [4.69, 9.17) is 16.3 Å². The minimum atomic E-state index is -3.99. The zero-order chi connectivity index (χ0) is 25.1. The highest BCUT2D eigenvalue weighted by Gasteiger charge is 2.29. The van der Waals surface area contributed by atoms with Crippen molar-refractivity contribution in [3.63, 3.8) is 0 Å². The van der Waals surface area contributed by atoms with Gasteiger partial charge in [0.15, 0.2) is 0 Å². The van der Waals surface area contributed by atoms with Gasteiger partial charge in [0.1, 0.15) is 12.3 Å². The number of ether oxygens (including phenoxy) is 1. The van der Waals surface area contributed by atoms with E-state index in [1.165, 1.54) is 12.1 Å². The van der Waals surface area contributed by atoms with E-state index >= 15 is 0 Å². The molecule has 35 heavy (non-hydrogen) atoms. The van der Waals surface area contributed by atoms with Crippen molar-refractivity contribution >= 4 is 45.0 Å². The van der Waals surface area contributed by atoms with Gasteiger partial charge in [0.05, 0.1) is 17.2 Å². The van der Waals surface area contributed by atoms with Crippen LogP contribution in [0.25, 0.3) is 0 Å². The number of carbonyl (C=O) groups excluding carboxylic acids is 1. The first-order chi connectivity index (χ1) is 16.9. The summed E-state index contributed by atoms with van der Waals surface area (Å²) in [4.78, 5) is 12.9. The number of rotatable bonds is 13. The fourth-order valence-electron chi connectivity index (χ4n) is 3.37. The SMILES string of the molecule is CCOc1ccccc1N(CC(=O)NCCCSCc1cccc(Cl)c1)S(=O)(=O)c1ccccc1. The molecule has 1 amide bonds. The summed E-state index contributed by atoms with van der Waals surface area (Å²) < 4.78 is 33.7. The van der Waals surface area contributed by atoms with Crippen LogP contribution in [0.4, 0.5) is 5.69 Å². The van der Waals surface area contributed by atoms with Gasteiger partial charge in [-0.3, -0.25) is 9.10 Å². The average molecular weight is 533 g/mol. The summed E-state index contributed by atoms with van der Waals surface area (Å²) >= 11 is 7.77. The van der Waals surface area contributed by atoms with Crippen LogP contribution in [0.15, 0.2) is 83.8 Å². The molecule has 0 unspecified atom stereocenters. The summed E-state index contributed by atoms with van der Waals surface area (Å²) in [5.74, 6) is 1.72. The Bertz CT molecular complexity index is 1210. The number of halogens is 1. The largest absolute Gasteiger partial charge is 0.492 e. The molecule has 0 saturated carbocycles. The summed E-state index contributed by atoms with van der Waals surface area (Å²) in [6.45, 7) is 2.30. The maximum atomic E-state index is 13.5. The third kappa shape index (κ3) is 7.92. The molecule has 0 radical (unpaired) electrons. The van der Waals surface area contributed by atoms with Crippen LogP contribution >= 0.6 is 23.4 Å². The van der Waals surface area contributed by atoms with E-state index in [9.17, 15) is 13.2 Å². The summed E-state index contributed by atoms with van der Waals surface area (Å²) in [6.07, 6.45) is 0.762. The van der Waals surface area contributed by atoms with Gasteiger partial charge in [0, 0.05) is 17.3 Å². The van der Waals surface area contributed by atoms with E-state index in [0.29, 0.717) is 24.6 Å². The molecule has 0 aromatic heterocycles. The van der Waals surface area contributed by atoms with E-state index in [-0.39, 0.29) is 17.3 Å². The molecular formula is C26H29ClN2O4S2. The standard InChI is InChI=1S/C26H29ClN2O4S2/c1-2-33-25-15-7-6-14-24(25)29(35(31,32)23-12-4-3-5-13-23)19-26(30)28-16-9-17-34-20-21-10-8-11-22(27)18-21/h3-8,10-15,18H,2,9,16-17,19-20H2,1H3,(H,28,30). The van der Waals surface area contributed by atoms with Crippen LogP contribution in [-0.4, -0.2) is 39.8 Å². The van der Waals surface area contributed by atoms with Gasteiger partial charge in [-0.1, -0.05) is 54.1 Å². The third-order valence-electron chi connectivity index (χ3n) is 5.00. The topological polar surface area (TPSA) is 75.7 Å². The molecule has 0 fully saturated rings. The van der Waals surface area contributed by atoms with Crippen LogP contribution in [-0.2, 0) is 20.6 Å². The van der Waals surface area contributed by atoms with Gasteiger partial charge in [-0.05, 0) is 61.1 Å². The monoisotopic (exact) mass is 532 g/mol. The second-order valence-corrected chi connectivity index (χ2v) is 11.0. The maximum Gasteiger partial charge on any atom is 0.264 e. The molecule has 3 rings (SSSR count). The van der Waals surface area contributed by atoms with Crippen molar-refractivity contribution in [3.8, 4) is 5.75 Å². The lowest BCUT2D eigenvalue weighted by Gasteiger charge is -2.26. The summed E-state index contributed by atoms with van der Waals surface area (Å²) in [5.41, 5.74) is 1.48. The Morgan fingerprint density at radius 1 is 1.03 bits per heavy atom. The summed E-state index contributed by atoms with van der Waals surface area (Å²) in [6, 6.07) is 22.7. The van der Waals surface area contributed by atoms with Crippen molar-refractivity contribution in [2.75, 3.05) is 29.8 Å². The van der Waals surface area contributed by atoms with E-state index in [1.54, 1.807) is 54.2 Å². The Hall–Kier alpha value is -2.68. The first kappa shape index (κ1) is 26.9. The van der Waals surface area contributed by atoms with Crippen molar-refractivity contribution < 1.29 is 17.9 Å². The van der Waals surface area contributed by atoms with E-state index in [2.05, 4.69) is 5.32 Å². The van der Waals surface area contributed by atoms with Gasteiger partial charge in [-0.2, -0.15) is 11.8 Å². The number of nitrogens with one attached hydrogen (secondary N) is 1. The van der Waals surface area contributed by atoms with Gasteiger partial charge in [0.25, 0.3) is 10.0 Å². The van der Waals surface area contributed by atoms with E-state index in [0.717, 1.165) is 32.8 Å². The van der Waals surface area contributed by atoms with Crippen molar-refractivity contribution in [1.29, 1.82) is 0 Å². The number of sulfonamides is 1. The van der Waals surface area contributed by atoms with Gasteiger partial charge >= 0.3 is 0 Å². The van der Waals surface area contributed by atoms with Crippen LogP contribution in [0.3, 0.4) is 0 Å². The molecule has 0 aliphatic carbocycles. The smallest absolute Gasteiger partial charge is 0.264 e. The van der Waals surface area contributed by atoms with Crippen LogP contribution in [0.5, 0.6) is 5.75 Å². The average Bonchev–Trinajstić information content (AvgIpc) is 2.86. The highest BCUT2D eigenvalue weighted by molar-refractivity contribution is 7.98. The zero-order valence-corrected chi connectivity index (χ0v) is 21.9. The first-order valence-corrected chi connectivity index (χ1v) is 14.3. The fourth-order valence-corrected chi connectivity index (χ4v) is 5.94. The van der Waals surface area contributed by atoms with Gasteiger partial charge in [-0.25, -0.2) is 8.42 Å². The number of amides is 1. The van der Waals surface area contributed by atoms with Gasteiger partial charge < -0.3 is 10.1 Å². The number of hydrogen-bond acceptors (Lipinski definition) is 5. The molecule has 1 N–H and O–H groups in total. The lowest BCUT2D eigenvalue weighted by Crippen LogP contribution is -2.41. The molecule has 0 spiro atoms. The number of anilines is 1. The molecular weight excluding hydrogens is 504 g/mol. The highest BCUT2D eigenvalue weighted by atomic mass is 35.5. The van der Waals surface area contributed by atoms with Gasteiger partial charge in [0.2, 0.25) is 5.91 Å². The normalized spacial score (nSPS) is 11.1. The van der Waals surface area contributed by atoms with Gasteiger partial charge in [-0.15, -0.1) is 0 Å². The lowest BCUT2D eigenvalue weighted by atomic mass is 10.2. The quantitative estimate of drug-likeness (QED) is 0.299. The molecule has 6 nitrogen and oxygen atoms in total. The molecule has 186 valence electrons. The number of hydrogen-bond donors (Lipinski definition) is 1. The Balaban J connectivity index is 1.63. The molecule has 0 atom stereocenters. The van der Waals surface area contributed by atoms with Crippen molar-refractivity contribution in [2.45, 2.75) is 24.0 Å². The third-order valence-corrected chi connectivity index (χ3v) is 8.12. The fraction of sp³-hybridized carbons (Fsp3) is 0.269. The molecule has 0 aliphatic heterocycles. The first-order valence-electron chi connectivity index (χ1n) is 11.3. The van der Waals surface area contributed by atoms with E-state index < -0.39 is 10.0 Å². The number of benzene rings is 3. The molecule has 9 heteroatoms. The molecule has 0 heterocycles. The van der Waals surface area contributed by atoms with E-state index in [1.807, 2.05) is 31.2 Å². The van der Waals surface area contributed by atoms with Crippen molar-refractivity contribution in [1.82, 2.24) is 5.32 Å². The molecule has 0 bridgehead atoms. The second kappa shape index (κ2) is 13.4. The van der Waals surface area contributed by atoms with Crippen LogP contribution < -0.4 is 14.4 Å². The Morgan fingerprint density at radius 2 is 1.77 bits per heavy atom. The predicted molar refractivity (Wildman–Crippen MR) is 144 cm³/mol. The number of thioether (sulfide) groups is 1. The predicted octanol–water partition coefficient (Wildman–Crippen LogP) is 5.37. The summed E-state index contributed by atoms with van der Waals surface area (Å²) in [5, 5.41) is 3.56.